The molecule has 1 fully saturated rings. The van der Waals surface area contributed by atoms with E-state index in [1.165, 1.54) is 7.11 Å². The summed E-state index contributed by atoms with van der Waals surface area (Å²) in [6.07, 6.45) is 0. The maximum Gasteiger partial charge on any atom is 0.327 e. The molecule has 5 heteroatoms. The first-order valence-electron chi connectivity index (χ1n) is 8.48. The molecule has 25 heavy (non-hydrogen) atoms. The third-order valence-corrected chi connectivity index (χ3v) is 4.64. The number of hydrogen-bond acceptors (Lipinski definition) is 5. The second-order valence-electron chi connectivity index (χ2n) is 6.06. The van der Waals surface area contributed by atoms with E-state index in [0.717, 1.165) is 43.2 Å². The topological polar surface area (TPSA) is 42.0 Å². The van der Waals surface area contributed by atoms with E-state index in [1.807, 2.05) is 48.5 Å². The number of anilines is 1. The minimum atomic E-state index is -0.348. The lowest BCUT2D eigenvalue weighted by atomic mass is 10.0. The molecule has 1 saturated heterocycles. The summed E-state index contributed by atoms with van der Waals surface area (Å²) in [4.78, 5) is 16.9. The SMILES string of the molecule is COC(=O)[C@@H](c1ccccc1)N1CCN(c2cccc(OC)c2)CC1. The van der Waals surface area contributed by atoms with Gasteiger partial charge in [-0.15, -0.1) is 0 Å². The first-order valence-corrected chi connectivity index (χ1v) is 8.48. The molecule has 0 radical (unpaired) electrons. The summed E-state index contributed by atoms with van der Waals surface area (Å²) in [7, 11) is 3.13. The summed E-state index contributed by atoms with van der Waals surface area (Å²) in [6, 6.07) is 17.6. The molecule has 3 rings (SSSR count). The number of esters is 1. The first kappa shape index (κ1) is 17.3. The lowest BCUT2D eigenvalue weighted by molar-refractivity contribution is -0.147. The summed E-state index contributed by atoms with van der Waals surface area (Å²) < 4.78 is 10.4. The number of piperazine rings is 1. The summed E-state index contributed by atoms with van der Waals surface area (Å²) >= 11 is 0. The predicted molar refractivity (Wildman–Crippen MR) is 98.0 cm³/mol. The van der Waals surface area contributed by atoms with Crippen LogP contribution in [0, 0.1) is 0 Å². The molecule has 0 amide bonds. The summed E-state index contributed by atoms with van der Waals surface area (Å²) in [5, 5.41) is 0. The highest BCUT2D eigenvalue weighted by Crippen LogP contribution is 2.26. The largest absolute Gasteiger partial charge is 0.497 e. The summed E-state index contributed by atoms with van der Waals surface area (Å²) in [5.74, 6) is 0.651. The Hall–Kier alpha value is -2.53. The van der Waals surface area contributed by atoms with Crippen molar-refractivity contribution in [3.63, 3.8) is 0 Å². The molecule has 1 atom stereocenters. The van der Waals surface area contributed by atoms with Crippen LogP contribution in [0.1, 0.15) is 11.6 Å². The van der Waals surface area contributed by atoms with Crippen LogP contribution in [0.5, 0.6) is 5.75 Å². The van der Waals surface area contributed by atoms with E-state index >= 15 is 0 Å². The molecule has 0 bridgehead atoms. The average molecular weight is 340 g/mol. The third kappa shape index (κ3) is 3.94. The van der Waals surface area contributed by atoms with Crippen molar-refractivity contribution in [1.82, 2.24) is 4.90 Å². The number of hydrogen-bond donors (Lipinski definition) is 0. The quantitative estimate of drug-likeness (QED) is 0.783. The minimum absolute atomic E-state index is 0.207. The van der Waals surface area contributed by atoms with Crippen molar-refractivity contribution in [3.8, 4) is 5.75 Å². The first-order chi connectivity index (χ1) is 12.2. The van der Waals surface area contributed by atoms with Gasteiger partial charge in [0.15, 0.2) is 0 Å². The minimum Gasteiger partial charge on any atom is -0.497 e. The van der Waals surface area contributed by atoms with Crippen LogP contribution in [0.2, 0.25) is 0 Å². The molecular formula is C20H24N2O3. The van der Waals surface area contributed by atoms with Gasteiger partial charge in [0.05, 0.1) is 14.2 Å². The van der Waals surface area contributed by atoms with Crippen molar-refractivity contribution in [2.24, 2.45) is 0 Å². The number of carbonyl (C=O) groups excluding carboxylic acids is 1. The zero-order valence-electron chi connectivity index (χ0n) is 14.7. The molecule has 5 nitrogen and oxygen atoms in total. The Morgan fingerprint density at radius 3 is 2.32 bits per heavy atom. The van der Waals surface area contributed by atoms with Gasteiger partial charge in [0, 0.05) is 37.9 Å². The second-order valence-corrected chi connectivity index (χ2v) is 6.06. The molecule has 0 saturated carbocycles. The maximum atomic E-state index is 12.4. The molecule has 0 aromatic heterocycles. The number of rotatable bonds is 5. The van der Waals surface area contributed by atoms with E-state index in [0.29, 0.717) is 0 Å². The van der Waals surface area contributed by atoms with Gasteiger partial charge in [-0.1, -0.05) is 36.4 Å². The maximum absolute atomic E-state index is 12.4. The molecule has 2 aromatic carbocycles. The molecule has 0 aliphatic carbocycles. The van der Waals surface area contributed by atoms with Gasteiger partial charge in [0.2, 0.25) is 0 Å². The zero-order chi connectivity index (χ0) is 17.6. The van der Waals surface area contributed by atoms with Crippen LogP contribution in [0.3, 0.4) is 0 Å². The van der Waals surface area contributed by atoms with Crippen molar-refractivity contribution < 1.29 is 14.3 Å². The average Bonchev–Trinajstić information content (AvgIpc) is 2.69. The number of carbonyl (C=O) groups is 1. The molecule has 2 aromatic rings. The Morgan fingerprint density at radius 2 is 1.68 bits per heavy atom. The van der Waals surface area contributed by atoms with Crippen molar-refractivity contribution >= 4 is 11.7 Å². The van der Waals surface area contributed by atoms with Gasteiger partial charge in [0.25, 0.3) is 0 Å². The predicted octanol–water partition coefficient (Wildman–Crippen LogP) is 2.73. The molecule has 132 valence electrons. The summed E-state index contributed by atoms with van der Waals surface area (Å²) in [6.45, 7) is 3.30. The molecule has 0 N–H and O–H groups in total. The lowest BCUT2D eigenvalue weighted by Crippen LogP contribution is -2.49. The second kappa shape index (κ2) is 8.03. The van der Waals surface area contributed by atoms with Crippen LogP contribution in [-0.2, 0) is 9.53 Å². The fraction of sp³-hybridized carbons (Fsp3) is 0.350. The normalized spacial score (nSPS) is 16.3. The molecule has 1 aliphatic heterocycles. The highest BCUT2D eigenvalue weighted by atomic mass is 16.5. The molecular weight excluding hydrogens is 316 g/mol. The van der Waals surface area contributed by atoms with E-state index in [2.05, 4.69) is 15.9 Å². The van der Waals surface area contributed by atoms with Crippen molar-refractivity contribution in [2.75, 3.05) is 45.3 Å². The van der Waals surface area contributed by atoms with Crippen molar-refractivity contribution in [1.29, 1.82) is 0 Å². The van der Waals surface area contributed by atoms with Crippen LogP contribution < -0.4 is 9.64 Å². The van der Waals surface area contributed by atoms with Gasteiger partial charge in [0.1, 0.15) is 11.8 Å². The van der Waals surface area contributed by atoms with E-state index < -0.39 is 0 Å². The highest BCUT2D eigenvalue weighted by molar-refractivity contribution is 5.77. The van der Waals surface area contributed by atoms with E-state index in [9.17, 15) is 4.79 Å². The van der Waals surface area contributed by atoms with E-state index in [1.54, 1.807) is 7.11 Å². The Kier molecular flexibility index (Phi) is 5.56. The monoisotopic (exact) mass is 340 g/mol. The van der Waals surface area contributed by atoms with Crippen LogP contribution in [-0.4, -0.2) is 51.3 Å². The van der Waals surface area contributed by atoms with Crippen LogP contribution in [0.4, 0.5) is 5.69 Å². The fourth-order valence-electron chi connectivity index (χ4n) is 3.29. The van der Waals surface area contributed by atoms with Crippen LogP contribution in [0.25, 0.3) is 0 Å². The number of methoxy groups -OCH3 is 2. The number of nitrogens with zero attached hydrogens (tertiary/aromatic N) is 2. The van der Waals surface area contributed by atoms with Gasteiger partial charge < -0.3 is 14.4 Å². The standard InChI is InChI=1S/C20H24N2O3/c1-24-18-10-6-9-17(15-18)21-11-13-22(14-12-21)19(20(23)25-2)16-7-4-3-5-8-16/h3-10,15,19H,11-14H2,1-2H3/t19-/m1/s1. The molecule has 1 heterocycles. The van der Waals surface area contributed by atoms with Crippen molar-refractivity contribution in [2.45, 2.75) is 6.04 Å². The number of benzene rings is 2. The Balaban J connectivity index is 1.72. The van der Waals surface area contributed by atoms with E-state index in [4.69, 9.17) is 9.47 Å². The zero-order valence-corrected chi connectivity index (χ0v) is 14.7. The van der Waals surface area contributed by atoms with E-state index in [-0.39, 0.29) is 12.0 Å². The molecule has 0 spiro atoms. The lowest BCUT2D eigenvalue weighted by Gasteiger charge is -2.39. The van der Waals surface area contributed by atoms with Gasteiger partial charge in [-0.05, 0) is 17.7 Å². The Morgan fingerprint density at radius 1 is 0.960 bits per heavy atom. The molecule has 0 unspecified atom stereocenters. The molecule has 1 aliphatic rings. The Bertz CT molecular complexity index is 697. The summed E-state index contributed by atoms with van der Waals surface area (Å²) in [5.41, 5.74) is 2.12. The fourth-order valence-corrected chi connectivity index (χ4v) is 3.29. The van der Waals surface area contributed by atoms with Gasteiger partial charge in [-0.25, -0.2) is 4.79 Å². The van der Waals surface area contributed by atoms with Crippen LogP contribution >= 0.6 is 0 Å². The number of ether oxygens (including phenoxy) is 2. The van der Waals surface area contributed by atoms with Gasteiger partial charge in [-0.3, -0.25) is 4.90 Å². The van der Waals surface area contributed by atoms with Gasteiger partial charge >= 0.3 is 5.97 Å². The Labute approximate surface area is 148 Å². The van der Waals surface area contributed by atoms with Gasteiger partial charge in [-0.2, -0.15) is 0 Å². The third-order valence-electron chi connectivity index (χ3n) is 4.64. The van der Waals surface area contributed by atoms with Crippen molar-refractivity contribution in [3.05, 3.63) is 60.2 Å². The van der Waals surface area contributed by atoms with Crippen LogP contribution in [0.15, 0.2) is 54.6 Å². The highest BCUT2D eigenvalue weighted by Gasteiger charge is 2.31. The smallest absolute Gasteiger partial charge is 0.327 e.